The number of hydrogen-bond donors (Lipinski definition) is 2. The van der Waals surface area contributed by atoms with E-state index >= 15 is 0 Å². The van der Waals surface area contributed by atoms with Crippen LogP contribution in [0.15, 0.2) is 103 Å². The van der Waals surface area contributed by atoms with Crippen molar-refractivity contribution in [3.8, 4) is 11.1 Å². The van der Waals surface area contributed by atoms with Gasteiger partial charge in [-0.15, -0.1) is 0 Å². The second-order valence-electron chi connectivity index (χ2n) is 10.6. The van der Waals surface area contributed by atoms with Gasteiger partial charge in [0.25, 0.3) is 12.3 Å². The van der Waals surface area contributed by atoms with Crippen LogP contribution in [0.3, 0.4) is 0 Å². The fraction of sp³-hybridized carbons (Fsp3) is 0.257. The molecule has 0 aromatic heterocycles. The summed E-state index contributed by atoms with van der Waals surface area (Å²) in [7, 11) is 0. The van der Waals surface area contributed by atoms with Gasteiger partial charge in [0.05, 0.1) is 0 Å². The van der Waals surface area contributed by atoms with E-state index in [-0.39, 0.29) is 23.4 Å². The molecule has 6 nitrogen and oxygen atoms in total. The molecule has 222 valence electrons. The Balaban J connectivity index is 1.22. The smallest absolute Gasteiger partial charge is 0.263 e. The largest absolute Gasteiger partial charge is 0.369 e. The predicted molar refractivity (Wildman–Crippen MR) is 167 cm³/mol. The minimum atomic E-state index is -2.54. The summed E-state index contributed by atoms with van der Waals surface area (Å²) in [4.78, 5) is 30.8. The number of nitrogens with zero attached hydrogens (tertiary/aromatic N) is 2. The zero-order chi connectivity index (χ0) is 30.2. The quantitative estimate of drug-likeness (QED) is 0.213. The molecule has 2 N–H and O–H groups in total. The number of amides is 2. The van der Waals surface area contributed by atoms with Crippen molar-refractivity contribution in [2.24, 2.45) is 0 Å². The molecule has 43 heavy (non-hydrogen) atoms. The van der Waals surface area contributed by atoms with Crippen molar-refractivity contribution >= 4 is 23.2 Å². The van der Waals surface area contributed by atoms with Gasteiger partial charge in [-0.05, 0) is 53.4 Å². The number of nitrogens with one attached hydrogen (secondary N) is 2. The highest BCUT2D eigenvalue weighted by Crippen LogP contribution is 2.29. The Hall–Kier alpha value is -4.56. The highest BCUT2D eigenvalue weighted by molar-refractivity contribution is 6.08. The number of piperazine rings is 1. The molecule has 0 saturated carbocycles. The summed E-state index contributed by atoms with van der Waals surface area (Å²) in [6.45, 7) is 5.73. The molecule has 1 aliphatic heterocycles. The third kappa shape index (κ3) is 7.27. The van der Waals surface area contributed by atoms with Crippen molar-refractivity contribution in [3.63, 3.8) is 0 Å². The number of anilines is 2. The second-order valence-corrected chi connectivity index (χ2v) is 10.6. The number of rotatable bonds is 10. The van der Waals surface area contributed by atoms with Crippen LogP contribution in [0.2, 0.25) is 0 Å². The zero-order valence-electron chi connectivity index (χ0n) is 24.2. The summed E-state index contributed by atoms with van der Waals surface area (Å²) < 4.78 is 26.0. The SMILES string of the molecule is CCCNC(=O)C(c1ccccc1)N1CCN(c2ccc(NC(=O)c3ccccc3-c3ccc(C(F)F)cc3)cc2)CC1. The van der Waals surface area contributed by atoms with Crippen molar-refractivity contribution < 1.29 is 18.4 Å². The summed E-state index contributed by atoms with van der Waals surface area (Å²) in [5, 5.41) is 6.03. The summed E-state index contributed by atoms with van der Waals surface area (Å²) in [6, 6.07) is 30.5. The maximum absolute atomic E-state index is 13.2. The van der Waals surface area contributed by atoms with E-state index in [0.717, 1.165) is 43.9 Å². The standard InChI is InChI=1S/C35H36F2N4O2/c1-2-20-38-35(43)32(26-8-4-3-5-9-26)41-23-21-40(22-24-41)29-18-16-28(17-19-29)39-34(42)31-11-7-6-10-30(31)25-12-14-27(15-13-25)33(36)37/h3-19,32-33H,2,20-24H2,1H3,(H,38,43)(H,39,42). The Bertz CT molecular complexity index is 1500. The van der Waals surface area contributed by atoms with Gasteiger partial charge >= 0.3 is 0 Å². The van der Waals surface area contributed by atoms with E-state index in [1.807, 2.05) is 73.7 Å². The Morgan fingerprint density at radius 3 is 2.07 bits per heavy atom. The molecule has 4 aromatic carbocycles. The van der Waals surface area contributed by atoms with Crippen molar-refractivity contribution in [2.75, 3.05) is 42.9 Å². The molecule has 0 spiro atoms. The van der Waals surface area contributed by atoms with Gasteiger partial charge in [-0.3, -0.25) is 14.5 Å². The van der Waals surface area contributed by atoms with E-state index in [2.05, 4.69) is 20.4 Å². The first-order valence-corrected chi connectivity index (χ1v) is 14.6. The van der Waals surface area contributed by atoms with Gasteiger partial charge in [-0.2, -0.15) is 0 Å². The molecule has 1 fully saturated rings. The zero-order valence-corrected chi connectivity index (χ0v) is 24.2. The highest BCUT2D eigenvalue weighted by Gasteiger charge is 2.30. The molecular formula is C35H36F2N4O2. The van der Waals surface area contributed by atoms with Crippen LogP contribution in [-0.4, -0.2) is 49.4 Å². The van der Waals surface area contributed by atoms with Crippen molar-refractivity contribution in [1.82, 2.24) is 10.2 Å². The van der Waals surface area contributed by atoms with Gasteiger partial charge in [-0.1, -0.05) is 79.7 Å². The van der Waals surface area contributed by atoms with Gasteiger partial charge in [0.1, 0.15) is 6.04 Å². The lowest BCUT2D eigenvalue weighted by molar-refractivity contribution is -0.126. The molecule has 1 saturated heterocycles. The fourth-order valence-electron chi connectivity index (χ4n) is 5.44. The summed E-state index contributed by atoms with van der Waals surface area (Å²) in [6.07, 6.45) is -1.65. The van der Waals surface area contributed by atoms with Gasteiger partial charge in [-0.25, -0.2) is 8.78 Å². The molecule has 8 heteroatoms. The van der Waals surface area contributed by atoms with Crippen molar-refractivity contribution in [3.05, 3.63) is 120 Å². The number of alkyl halides is 2. The average molecular weight is 583 g/mol. The topological polar surface area (TPSA) is 64.7 Å². The van der Waals surface area contributed by atoms with Crippen molar-refractivity contribution in [1.29, 1.82) is 0 Å². The lowest BCUT2D eigenvalue weighted by Crippen LogP contribution is -2.51. The molecule has 0 radical (unpaired) electrons. The lowest BCUT2D eigenvalue weighted by atomic mass is 9.98. The maximum Gasteiger partial charge on any atom is 0.263 e. The molecule has 0 bridgehead atoms. The Morgan fingerprint density at radius 1 is 0.767 bits per heavy atom. The van der Waals surface area contributed by atoms with Crippen LogP contribution in [0.4, 0.5) is 20.2 Å². The fourth-order valence-corrected chi connectivity index (χ4v) is 5.44. The first-order valence-electron chi connectivity index (χ1n) is 14.6. The lowest BCUT2D eigenvalue weighted by Gasteiger charge is -2.39. The molecule has 2 amide bonds. The third-order valence-electron chi connectivity index (χ3n) is 7.73. The van der Waals surface area contributed by atoms with Crippen LogP contribution in [0.5, 0.6) is 0 Å². The van der Waals surface area contributed by atoms with Gasteiger partial charge in [0.2, 0.25) is 5.91 Å². The van der Waals surface area contributed by atoms with Gasteiger partial charge in [0.15, 0.2) is 0 Å². The number of hydrogen-bond acceptors (Lipinski definition) is 4. The van der Waals surface area contributed by atoms with E-state index in [1.54, 1.807) is 24.3 Å². The number of halogens is 2. The maximum atomic E-state index is 13.2. The molecule has 1 heterocycles. The Labute approximate surface area is 251 Å². The number of benzene rings is 4. The predicted octanol–water partition coefficient (Wildman–Crippen LogP) is 6.93. The second kappa shape index (κ2) is 14.1. The van der Waals surface area contributed by atoms with Gasteiger partial charge in [0, 0.05) is 55.2 Å². The van der Waals surface area contributed by atoms with Crippen LogP contribution in [0, 0.1) is 0 Å². The minimum Gasteiger partial charge on any atom is -0.369 e. The monoisotopic (exact) mass is 582 g/mol. The number of carbonyl (C=O) groups excluding carboxylic acids is 2. The van der Waals surface area contributed by atoms with Crippen LogP contribution in [0.1, 0.15) is 47.3 Å². The third-order valence-corrected chi connectivity index (χ3v) is 7.73. The summed E-state index contributed by atoms with van der Waals surface area (Å²) >= 11 is 0. The Morgan fingerprint density at radius 2 is 1.42 bits per heavy atom. The first kappa shape index (κ1) is 29.9. The normalized spacial score (nSPS) is 14.4. The molecule has 5 rings (SSSR count). The van der Waals surface area contributed by atoms with Crippen LogP contribution >= 0.6 is 0 Å². The number of carbonyl (C=O) groups is 2. The Kier molecular flexibility index (Phi) is 9.79. The molecule has 0 aliphatic carbocycles. The molecule has 1 unspecified atom stereocenters. The van der Waals surface area contributed by atoms with Crippen molar-refractivity contribution in [2.45, 2.75) is 25.8 Å². The molecule has 1 atom stereocenters. The van der Waals surface area contributed by atoms with E-state index in [4.69, 9.17) is 0 Å². The van der Waals surface area contributed by atoms with Crippen LogP contribution in [0.25, 0.3) is 11.1 Å². The van der Waals surface area contributed by atoms with Gasteiger partial charge < -0.3 is 15.5 Å². The summed E-state index contributed by atoms with van der Waals surface area (Å²) in [5.41, 5.74) is 4.48. The van der Waals surface area contributed by atoms with E-state index < -0.39 is 6.43 Å². The van der Waals surface area contributed by atoms with Crippen LogP contribution < -0.4 is 15.5 Å². The molecular weight excluding hydrogens is 546 g/mol. The average Bonchev–Trinajstić information content (AvgIpc) is 3.05. The summed E-state index contributed by atoms with van der Waals surface area (Å²) in [5.74, 6) is -0.239. The van der Waals surface area contributed by atoms with Crippen LogP contribution in [-0.2, 0) is 4.79 Å². The van der Waals surface area contributed by atoms with E-state index in [1.165, 1.54) is 12.1 Å². The molecule has 4 aromatic rings. The van der Waals surface area contributed by atoms with E-state index in [9.17, 15) is 18.4 Å². The molecule has 1 aliphatic rings. The first-order chi connectivity index (χ1) is 20.9. The minimum absolute atomic E-state index is 0.0355. The highest BCUT2D eigenvalue weighted by atomic mass is 19.3. The van der Waals surface area contributed by atoms with E-state index in [0.29, 0.717) is 28.9 Å².